The molecule has 0 unspecified atom stereocenters. The molecule has 0 atom stereocenters. The monoisotopic (exact) mass is 231 g/mol. The van der Waals surface area contributed by atoms with E-state index in [0.717, 1.165) is 0 Å². The number of hydrogen-bond acceptors (Lipinski definition) is 3. The van der Waals surface area contributed by atoms with Crippen LogP contribution in [0.1, 0.15) is 0 Å². The van der Waals surface area contributed by atoms with Gasteiger partial charge in [-0.05, 0) is 0 Å². The van der Waals surface area contributed by atoms with Crippen LogP contribution in [0.5, 0.6) is 0 Å². The summed E-state index contributed by atoms with van der Waals surface area (Å²) in [5.74, 6) is 0. The topological polar surface area (TPSA) is 60.7 Å². The summed E-state index contributed by atoms with van der Waals surface area (Å²) in [6.07, 6.45) is 0. The Balaban J connectivity index is 0. The third-order valence-electron chi connectivity index (χ3n) is 0. The molecule has 0 spiro atoms. The van der Waals surface area contributed by atoms with Gasteiger partial charge in [-0.3, -0.25) is 0 Å². The zero-order valence-electron chi connectivity index (χ0n) is 2.20. The molecule has 0 aromatic carbocycles. The van der Waals surface area contributed by atoms with Gasteiger partial charge in [0.05, 0.1) is 0 Å². The minimum absolute atomic E-state index is 0. The molecule has 0 amide bonds. The van der Waals surface area contributed by atoms with Crippen LogP contribution in [-0.4, -0.2) is 22.4 Å². The van der Waals surface area contributed by atoms with Crippen LogP contribution in [0, 0.1) is 36.9 Å². The van der Waals surface area contributed by atoms with Crippen LogP contribution in [0.15, 0.2) is 0 Å². The Morgan fingerprint density at radius 3 is 1.00 bits per heavy atom. The SMILES string of the molecule is OB(O)O.[Tm]. The Bertz CT molecular complexity index is 11.6. The molecule has 37 valence electrons. The van der Waals surface area contributed by atoms with Crippen LogP contribution < -0.4 is 0 Å². The van der Waals surface area contributed by atoms with Crippen LogP contribution in [0.25, 0.3) is 0 Å². The van der Waals surface area contributed by atoms with Gasteiger partial charge in [-0.2, -0.15) is 0 Å². The molecular weight excluding hydrogens is 228 g/mol. The first-order chi connectivity index (χ1) is 1.73. The first-order valence-corrected chi connectivity index (χ1v) is 0.775. The van der Waals surface area contributed by atoms with Crippen molar-refractivity contribution in [2.24, 2.45) is 0 Å². The molecule has 0 saturated carbocycles. The quantitative estimate of drug-likeness (QED) is 0.420. The maximum Gasteiger partial charge on any atom is 0.631 e. The summed E-state index contributed by atoms with van der Waals surface area (Å²) in [7, 11) is -2.17. The van der Waals surface area contributed by atoms with Gasteiger partial charge in [0.15, 0.2) is 0 Å². The van der Waals surface area contributed by atoms with E-state index in [0.29, 0.717) is 0 Å². The second-order valence-corrected chi connectivity index (χ2v) is 0.346. The van der Waals surface area contributed by atoms with Crippen LogP contribution in [-0.2, 0) is 0 Å². The van der Waals surface area contributed by atoms with E-state index in [2.05, 4.69) is 0 Å². The van der Waals surface area contributed by atoms with Crippen molar-refractivity contribution >= 4 is 7.32 Å². The van der Waals surface area contributed by atoms with E-state index < -0.39 is 7.32 Å². The Labute approximate surface area is 59.0 Å². The van der Waals surface area contributed by atoms with Crippen molar-refractivity contribution in [2.45, 2.75) is 0 Å². The predicted octanol–water partition coefficient (Wildman–Crippen LogP) is -2.05. The maximum atomic E-state index is 7.17. The van der Waals surface area contributed by atoms with E-state index in [-0.39, 0.29) is 36.9 Å². The fourth-order valence-electron chi connectivity index (χ4n) is 0. The predicted molar refractivity (Wildman–Crippen MR) is 12.4 cm³/mol. The smallest absolute Gasteiger partial charge is 0.402 e. The van der Waals surface area contributed by atoms with Crippen LogP contribution >= 0.6 is 0 Å². The molecule has 3 N–H and O–H groups in total. The van der Waals surface area contributed by atoms with E-state index >= 15 is 0 Å². The van der Waals surface area contributed by atoms with Crippen molar-refractivity contribution in [3.63, 3.8) is 0 Å². The van der Waals surface area contributed by atoms with Crippen molar-refractivity contribution in [3.05, 3.63) is 0 Å². The average Bonchev–Trinajstić information content (AvgIpc) is 0.811. The third kappa shape index (κ3) is 37.7. The molecule has 5 heteroatoms. The van der Waals surface area contributed by atoms with Crippen molar-refractivity contribution in [2.75, 3.05) is 0 Å². The third-order valence-corrected chi connectivity index (χ3v) is 0. The molecule has 3 nitrogen and oxygen atoms in total. The summed E-state index contributed by atoms with van der Waals surface area (Å²) in [5, 5.41) is 21.5. The van der Waals surface area contributed by atoms with Gasteiger partial charge in [-0.1, -0.05) is 0 Å². The van der Waals surface area contributed by atoms with E-state index in [1.807, 2.05) is 0 Å². The second kappa shape index (κ2) is 5.18. The van der Waals surface area contributed by atoms with Crippen LogP contribution in [0.3, 0.4) is 0 Å². The van der Waals surface area contributed by atoms with Gasteiger partial charge in [-0.25, -0.2) is 0 Å². The van der Waals surface area contributed by atoms with E-state index in [1.165, 1.54) is 0 Å². The van der Waals surface area contributed by atoms with Crippen molar-refractivity contribution in [3.8, 4) is 0 Å². The zero-order valence-corrected chi connectivity index (χ0v) is 3.98. The molecule has 5 heavy (non-hydrogen) atoms. The van der Waals surface area contributed by atoms with Crippen molar-refractivity contribution in [1.82, 2.24) is 0 Å². The van der Waals surface area contributed by atoms with Gasteiger partial charge in [0.25, 0.3) is 0 Å². The molecule has 0 saturated heterocycles. The first kappa shape index (κ1) is 9.49. The summed E-state index contributed by atoms with van der Waals surface area (Å²) < 4.78 is 0. The van der Waals surface area contributed by atoms with Gasteiger partial charge in [0, 0.05) is 36.9 Å². The fourth-order valence-corrected chi connectivity index (χ4v) is 0. The summed E-state index contributed by atoms with van der Waals surface area (Å²) in [4.78, 5) is 0. The van der Waals surface area contributed by atoms with Gasteiger partial charge < -0.3 is 15.1 Å². The second-order valence-electron chi connectivity index (χ2n) is 0.346. The average molecular weight is 231 g/mol. The van der Waals surface area contributed by atoms with Gasteiger partial charge in [0.2, 0.25) is 0 Å². The normalized spacial score (nSPS) is 5.40. The summed E-state index contributed by atoms with van der Waals surface area (Å²) in [6, 6.07) is 0. The Morgan fingerprint density at radius 2 is 1.00 bits per heavy atom. The fraction of sp³-hybridized carbons (Fsp3) is 0. The maximum absolute atomic E-state index is 7.17. The first-order valence-electron chi connectivity index (χ1n) is 0.775. The van der Waals surface area contributed by atoms with Gasteiger partial charge in [-0.15, -0.1) is 0 Å². The molecule has 0 aromatic heterocycles. The van der Waals surface area contributed by atoms with Gasteiger partial charge >= 0.3 is 7.32 Å². The number of hydrogen-bond donors (Lipinski definition) is 3. The minimum Gasteiger partial charge on any atom is -0.402 e. The Hall–Kier alpha value is 1.18. The largest absolute Gasteiger partial charge is 0.631 e. The van der Waals surface area contributed by atoms with Crippen molar-refractivity contribution < 1.29 is 51.9 Å². The molecule has 0 heterocycles. The molecule has 1 radical (unpaired) electrons. The number of rotatable bonds is 0. The summed E-state index contributed by atoms with van der Waals surface area (Å²) >= 11 is 0. The van der Waals surface area contributed by atoms with Crippen LogP contribution in [0.2, 0.25) is 0 Å². The molecular formula is H3BO3Tm. The zero-order chi connectivity index (χ0) is 3.58. The summed E-state index contributed by atoms with van der Waals surface area (Å²) in [6.45, 7) is 0. The Morgan fingerprint density at radius 1 is 1.00 bits per heavy atom. The molecule has 0 aliphatic heterocycles. The molecule has 0 aliphatic rings. The Kier molecular flexibility index (Phi) is 9.83. The molecule has 0 aliphatic carbocycles. The van der Waals surface area contributed by atoms with E-state index in [4.69, 9.17) is 15.1 Å². The minimum atomic E-state index is -2.17. The molecule has 0 bridgehead atoms. The van der Waals surface area contributed by atoms with Crippen LogP contribution in [0.4, 0.5) is 0 Å². The summed E-state index contributed by atoms with van der Waals surface area (Å²) in [5.41, 5.74) is 0. The van der Waals surface area contributed by atoms with E-state index in [9.17, 15) is 0 Å². The molecule has 0 aromatic rings. The molecule has 0 fully saturated rings. The molecule has 0 rings (SSSR count). The van der Waals surface area contributed by atoms with Crippen molar-refractivity contribution in [1.29, 1.82) is 0 Å². The van der Waals surface area contributed by atoms with E-state index in [1.54, 1.807) is 0 Å². The standard InChI is InChI=1S/BH3O3.Tm/c2-1(3)4;/h2-4H;. The van der Waals surface area contributed by atoms with Gasteiger partial charge in [0.1, 0.15) is 0 Å².